The molecule has 1 aliphatic rings. The van der Waals surface area contributed by atoms with Gasteiger partial charge in [-0.25, -0.2) is 4.98 Å². The van der Waals surface area contributed by atoms with E-state index in [-0.39, 0.29) is 24.3 Å². The standard InChI is InChI=1S/C11H14F3N3O.ClH/c12-11(13,14)9-2-1-3-16-10(9)17-7-8-6-15-4-5-18-8;/h1-3,8,15H,4-7H2,(H,16,17);1H. The molecule has 1 aliphatic heterocycles. The average molecular weight is 298 g/mol. The Kier molecular flexibility index (Phi) is 5.84. The van der Waals surface area contributed by atoms with Crippen LogP contribution in [0.15, 0.2) is 18.3 Å². The van der Waals surface area contributed by atoms with Gasteiger partial charge >= 0.3 is 6.18 Å². The molecule has 1 unspecified atom stereocenters. The first-order valence-electron chi connectivity index (χ1n) is 5.66. The summed E-state index contributed by atoms with van der Waals surface area (Å²) in [6.45, 7) is 2.27. The molecule has 0 aromatic carbocycles. The number of aromatic nitrogens is 1. The number of ether oxygens (including phenoxy) is 1. The van der Waals surface area contributed by atoms with Crippen molar-refractivity contribution in [2.24, 2.45) is 0 Å². The van der Waals surface area contributed by atoms with Crippen molar-refractivity contribution in [3.8, 4) is 0 Å². The Morgan fingerprint density at radius 3 is 2.89 bits per heavy atom. The highest BCUT2D eigenvalue weighted by molar-refractivity contribution is 5.85. The molecule has 1 aromatic heterocycles. The lowest BCUT2D eigenvalue weighted by Gasteiger charge is -2.24. The summed E-state index contributed by atoms with van der Waals surface area (Å²) in [5.41, 5.74) is -0.756. The van der Waals surface area contributed by atoms with Gasteiger partial charge in [-0.3, -0.25) is 0 Å². The molecule has 4 nitrogen and oxygen atoms in total. The summed E-state index contributed by atoms with van der Waals surface area (Å²) >= 11 is 0. The molecule has 8 heteroatoms. The van der Waals surface area contributed by atoms with Gasteiger partial charge in [-0.2, -0.15) is 13.2 Å². The van der Waals surface area contributed by atoms with Gasteiger partial charge in [0.15, 0.2) is 0 Å². The van der Waals surface area contributed by atoms with E-state index in [9.17, 15) is 13.2 Å². The number of halogens is 4. The molecule has 0 aliphatic carbocycles. The van der Waals surface area contributed by atoms with Gasteiger partial charge in [0.2, 0.25) is 0 Å². The highest BCUT2D eigenvalue weighted by Crippen LogP contribution is 2.33. The zero-order valence-electron chi connectivity index (χ0n) is 10.0. The quantitative estimate of drug-likeness (QED) is 0.895. The Bertz CT molecular complexity index is 397. The second-order valence-corrected chi connectivity index (χ2v) is 3.98. The molecule has 2 rings (SSSR count). The van der Waals surface area contributed by atoms with Gasteiger partial charge in [-0.05, 0) is 12.1 Å². The normalized spacial score (nSPS) is 19.6. The van der Waals surface area contributed by atoms with Crippen molar-refractivity contribution >= 4 is 18.2 Å². The molecule has 0 spiro atoms. The Hall–Kier alpha value is -1.05. The summed E-state index contributed by atoms with van der Waals surface area (Å²) in [7, 11) is 0. The van der Waals surface area contributed by atoms with Gasteiger partial charge in [0.1, 0.15) is 5.82 Å². The van der Waals surface area contributed by atoms with E-state index in [0.29, 0.717) is 19.7 Å². The van der Waals surface area contributed by atoms with E-state index >= 15 is 0 Å². The van der Waals surface area contributed by atoms with Gasteiger partial charge in [0.25, 0.3) is 0 Å². The van der Waals surface area contributed by atoms with E-state index in [4.69, 9.17) is 4.74 Å². The first-order valence-corrected chi connectivity index (χ1v) is 5.66. The number of nitrogens with one attached hydrogen (secondary N) is 2. The average Bonchev–Trinajstić information content (AvgIpc) is 2.37. The van der Waals surface area contributed by atoms with Crippen LogP contribution in [0.3, 0.4) is 0 Å². The molecule has 1 saturated heterocycles. The van der Waals surface area contributed by atoms with Crippen molar-refractivity contribution in [1.29, 1.82) is 0 Å². The Balaban J connectivity index is 0.00000180. The van der Waals surface area contributed by atoms with Crippen molar-refractivity contribution in [1.82, 2.24) is 10.3 Å². The van der Waals surface area contributed by atoms with Crippen molar-refractivity contribution in [2.75, 3.05) is 31.6 Å². The Morgan fingerprint density at radius 1 is 1.47 bits per heavy atom. The minimum atomic E-state index is -4.40. The number of pyridine rings is 1. The molecule has 19 heavy (non-hydrogen) atoms. The summed E-state index contributed by atoms with van der Waals surface area (Å²) in [5, 5.41) is 5.80. The third kappa shape index (κ3) is 4.52. The molecule has 2 heterocycles. The number of hydrogen-bond donors (Lipinski definition) is 2. The monoisotopic (exact) mass is 297 g/mol. The number of hydrogen-bond acceptors (Lipinski definition) is 4. The molecule has 0 bridgehead atoms. The van der Waals surface area contributed by atoms with Crippen LogP contribution in [0.2, 0.25) is 0 Å². The van der Waals surface area contributed by atoms with Gasteiger partial charge in [-0.15, -0.1) is 12.4 Å². The van der Waals surface area contributed by atoms with Gasteiger partial charge in [0.05, 0.1) is 18.3 Å². The third-order valence-corrected chi connectivity index (χ3v) is 2.61. The summed E-state index contributed by atoms with van der Waals surface area (Å²) in [4.78, 5) is 3.72. The fraction of sp³-hybridized carbons (Fsp3) is 0.545. The van der Waals surface area contributed by atoms with Crippen molar-refractivity contribution < 1.29 is 17.9 Å². The fourth-order valence-corrected chi connectivity index (χ4v) is 1.74. The minimum absolute atomic E-state index is 0. The lowest BCUT2D eigenvalue weighted by atomic mass is 10.2. The van der Waals surface area contributed by atoms with E-state index in [1.165, 1.54) is 12.3 Å². The first kappa shape index (κ1) is 16.0. The van der Waals surface area contributed by atoms with Crippen LogP contribution < -0.4 is 10.6 Å². The number of nitrogens with zero attached hydrogens (tertiary/aromatic N) is 1. The van der Waals surface area contributed by atoms with E-state index < -0.39 is 11.7 Å². The van der Waals surface area contributed by atoms with Crippen LogP contribution in [0, 0.1) is 0 Å². The maximum atomic E-state index is 12.7. The van der Waals surface area contributed by atoms with Gasteiger partial charge < -0.3 is 15.4 Å². The predicted octanol–water partition coefficient (Wildman–Crippen LogP) is 1.92. The topological polar surface area (TPSA) is 46.2 Å². The highest BCUT2D eigenvalue weighted by atomic mass is 35.5. The minimum Gasteiger partial charge on any atom is -0.374 e. The van der Waals surface area contributed by atoms with Gasteiger partial charge in [-0.1, -0.05) is 0 Å². The Labute approximate surface area is 115 Å². The van der Waals surface area contributed by atoms with E-state index in [1.807, 2.05) is 0 Å². The van der Waals surface area contributed by atoms with E-state index in [0.717, 1.165) is 12.6 Å². The van der Waals surface area contributed by atoms with Crippen LogP contribution >= 0.6 is 12.4 Å². The lowest BCUT2D eigenvalue weighted by molar-refractivity contribution is -0.137. The first-order chi connectivity index (χ1) is 8.57. The molecular formula is C11H15ClF3N3O. The highest BCUT2D eigenvalue weighted by Gasteiger charge is 2.34. The SMILES string of the molecule is Cl.FC(F)(F)c1cccnc1NCC1CNCCO1. The van der Waals surface area contributed by atoms with Crippen LogP contribution in [0.25, 0.3) is 0 Å². The third-order valence-electron chi connectivity index (χ3n) is 2.61. The number of alkyl halides is 3. The fourth-order valence-electron chi connectivity index (χ4n) is 1.74. The molecule has 2 N–H and O–H groups in total. The molecule has 1 aromatic rings. The molecule has 1 fully saturated rings. The van der Waals surface area contributed by atoms with Crippen LogP contribution in [0.4, 0.5) is 19.0 Å². The van der Waals surface area contributed by atoms with Gasteiger partial charge in [0, 0.05) is 25.8 Å². The molecule has 0 saturated carbocycles. The molecule has 0 amide bonds. The molecule has 0 radical (unpaired) electrons. The lowest BCUT2D eigenvalue weighted by Crippen LogP contribution is -2.42. The summed E-state index contributed by atoms with van der Waals surface area (Å²) in [5.74, 6) is -0.154. The van der Waals surface area contributed by atoms with Crippen molar-refractivity contribution in [3.63, 3.8) is 0 Å². The second kappa shape index (κ2) is 6.93. The second-order valence-electron chi connectivity index (χ2n) is 3.98. The van der Waals surface area contributed by atoms with Crippen molar-refractivity contribution in [3.05, 3.63) is 23.9 Å². The maximum absolute atomic E-state index is 12.7. The number of rotatable bonds is 3. The van der Waals surface area contributed by atoms with Crippen LogP contribution in [-0.2, 0) is 10.9 Å². The largest absolute Gasteiger partial charge is 0.419 e. The summed E-state index contributed by atoms with van der Waals surface area (Å²) < 4.78 is 43.5. The predicted molar refractivity (Wildman–Crippen MR) is 67.6 cm³/mol. The van der Waals surface area contributed by atoms with Crippen molar-refractivity contribution in [2.45, 2.75) is 12.3 Å². The van der Waals surface area contributed by atoms with Crippen LogP contribution in [0.5, 0.6) is 0 Å². The van der Waals surface area contributed by atoms with E-state index in [1.54, 1.807) is 0 Å². The maximum Gasteiger partial charge on any atom is 0.419 e. The summed E-state index contributed by atoms with van der Waals surface area (Å²) in [6, 6.07) is 2.28. The summed E-state index contributed by atoms with van der Waals surface area (Å²) in [6.07, 6.45) is -3.21. The molecular weight excluding hydrogens is 283 g/mol. The Morgan fingerprint density at radius 2 is 2.26 bits per heavy atom. The number of anilines is 1. The zero-order valence-corrected chi connectivity index (χ0v) is 10.9. The zero-order chi connectivity index (χ0) is 13.0. The van der Waals surface area contributed by atoms with E-state index in [2.05, 4.69) is 15.6 Å². The number of morpholine rings is 1. The molecule has 1 atom stereocenters. The molecule has 108 valence electrons. The smallest absolute Gasteiger partial charge is 0.374 e. The van der Waals surface area contributed by atoms with Crippen LogP contribution in [-0.4, -0.2) is 37.3 Å². The van der Waals surface area contributed by atoms with Crippen LogP contribution in [0.1, 0.15) is 5.56 Å².